The van der Waals surface area contributed by atoms with Crippen LogP contribution in [-0.2, 0) is 5.41 Å². The van der Waals surface area contributed by atoms with E-state index in [4.69, 9.17) is 0 Å². The Kier molecular flexibility index (Phi) is 9.43. The van der Waals surface area contributed by atoms with Gasteiger partial charge in [-0.2, -0.15) is 39.5 Å². The zero-order valence-corrected chi connectivity index (χ0v) is 22.1. The molecular formula is C30H16F10O2S. The van der Waals surface area contributed by atoms with Gasteiger partial charge in [-0.3, -0.25) is 0 Å². The third-order valence-corrected chi connectivity index (χ3v) is 7.06. The van der Waals surface area contributed by atoms with Gasteiger partial charge in [-0.25, -0.2) is 4.39 Å². The molecular weight excluding hydrogens is 614 g/mol. The maximum Gasteiger partial charge on any atom is 0.406 e. The van der Waals surface area contributed by atoms with Crippen molar-refractivity contribution in [2.75, 3.05) is 0 Å². The lowest BCUT2D eigenvalue weighted by Crippen LogP contribution is -2.44. The van der Waals surface area contributed by atoms with Crippen LogP contribution >= 0.6 is 11.8 Å². The van der Waals surface area contributed by atoms with Gasteiger partial charge in [0.2, 0.25) is 0 Å². The van der Waals surface area contributed by atoms with E-state index in [1.807, 2.05) is 0 Å². The average molecular weight is 631 g/mol. The molecule has 0 aliphatic rings. The van der Waals surface area contributed by atoms with Gasteiger partial charge in [-0.05, 0) is 77.4 Å². The van der Waals surface area contributed by atoms with E-state index in [0.29, 0.717) is 9.79 Å². The van der Waals surface area contributed by atoms with Crippen molar-refractivity contribution < 1.29 is 53.4 Å². The molecule has 0 saturated carbocycles. The van der Waals surface area contributed by atoms with Crippen molar-refractivity contribution in [1.82, 2.24) is 0 Å². The lowest BCUT2D eigenvalue weighted by molar-refractivity contribution is -0.166. The number of benzene rings is 4. The first-order valence-corrected chi connectivity index (χ1v) is 12.7. The molecule has 0 heterocycles. The Bertz CT molecular complexity index is 1540. The zero-order chi connectivity index (χ0) is 31.4. The third kappa shape index (κ3) is 6.99. The van der Waals surface area contributed by atoms with Crippen LogP contribution in [0.2, 0.25) is 0 Å². The summed E-state index contributed by atoms with van der Waals surface area (Å²) in [4.78, 5) is 1.12. The molecule has 0 aliphatic carbocycles. The number of rotatable bonds is 9. The van der Waals surface area contributed by atoms with Gasteiger partial charge in [0.1, 0.15) is 22.7 Å². The fraction of sp³-hybridized carbons (Fsp3) is 0.0667. The van der Waals surface area contributed by atoms with Crippen LogP contribution in [0.15, 0.2) is 131 Å². The lowest BCUT2D eigenvalue weighted by Gasteiger charge is -2.37. The zero-order valence-electron chi connectivity index (χ0n) is 21.2. The normalized spacial score (nSPS) is 11.6. The van der Waals surface area contributed by atoms with Crippen molar-refractivity contribution in [3.8, 4) is 11.5 Å². The third-order valence-electron chi connectivity index (χ3n) is 6.05. The van der Waals surface area contributed by atoms with Gasteiger partial charge in [0, 0.05) is 9.79 Å². The predicted molar refractivity (Wildman–Crippen MR) is 138 cm³/mol. The van der Waals surface area contributed by atoms with Crippen molar-refractivity contribution in [2.45, 2.75) is 21.4 Å². The minimum atomic E-state index is -5.10. The Hall–Kier alpha value is -4.39. The molecule has 0 amide bonds. The van der Waals surface area contributed by atoms with Crippen LogP contribution in [0.4, 0.5) is 43.9 Å². The molecule has 4 aromatic rings. The van der Waals surface area contributed by atoms with Crippen molar-refractivity contribution in [3.63, 3.8) is 0 Å². The second-order valence-electron chi connectivity index (χ2n) is 8.65. The molecule has 0 N–H and O–H groups in total. The maximum absolute atomic E-state index is 15.3. The molecule has 0 spiro atoms. The number of ether oxygens (including phenoxy) is 2. The highest BCUT2D eigenvalue weighted by Gasteiger charge is 2.58. The number of hydrogen-bond donors (Lipinski definition) is 0. The van der Waals surface area contributed by atoms with E-state index >= 15 is 13.2 Å². The van der Waals surface area contributed by atoms with Gasteiger partial charge in [0.05, 0.1) is 0 Å². The Morgan fingerprint density at radius 2 is 0.814 bits per heavy atom. The van der Waals surface area contributed by atoms with Crippen LogP contribution in [0.25, 0.3) is 0 Å². The van der Waals surface area contributed by atoms with Crippen molar-refractivity contribution in [1.29, 1.82) is 0 Å². The van der Waals surface area contributed by atoms with Crippen LogP contribution in [0.1, 0.15) is 16.7 Å². The molecule has 0 fully saturated rings. The summed E-state index contributed by atoms with van der Waals surface area (Å²) in [5, 5.41) is 0. The molecule has 224 valence electrons. The van der Waals surface area contributed by atoms with E-state index in [0.717, 1.165) is 60.3 Å². The summed E-state index contributed by atoms with van der Waals surface area (Å²) in [7, 11) is 0. The molecule has 4 aromatic carbocycles. The highest BCUT2D eigenvalue weighted by Crippen LogP contribution is 2.52. The number of hydrogen-bond acceptors (Lipinski definition) is 3. The quantitative estimate of drug-likeness (QED) is 0.104. The smallest absolute Gasteiger partial charge is 0.406 e. The van der Waals surface area contributed by atoms with Crippen LogP contribution in [0.3, 0.4) is 0 Å². The van der Waals surface area contributed by atoms with E-state index < -0.39 is 64.2 Å². The SMILES string of the molecule is FC(F)=C(F)Oc1ccc(C(c2ccc(OC(F)=C(F)F)cc2)(c2ccc(Sc3ccc(F)cc3)cc2)C(F)(F)F)cc1. The minimum absolute atomic E-state index is 0.326. The Morgan fingerprint density at radius 1 is 0.488 bits per heavy atom. The summed E-state index contributed by atoms with van der Waals surface area (Å²) in [6, 6.07) is 13.2. The topological polar surface area (TPSA) is 18.5 Å². The van der Waals surface area contributed by atoms with Gasteiger partial charge in [0.25, 0.3) is 0 Å². The molecule has 0 radical (unpaired) electrons. The Labute approximate surface area is 241 Å². The average Bonchev–Trinajstić information content (AvgIpc) is 2.96. The van der Waals surface area contributed by atoms with E-state index in [9.17, 15) is 30.7 Å². The summed E-state index contributed by atoms with van der Waals surface area (Å²) in [6.07, 6.45) is -10.6. The monoisotopic (exact) mass is 630 g/mol. The van der Waals surface area contributed by atoms with Gasteiger partial charge in [-0.15, -0.1) is 0 Å². The van der Waals surface area contributed by atoms with Crippen LogP contribution in [0, 0.1) is 5.82 Å². The first-order chi connectivity index (χ1) is 20.3. The van der Waals surface area contributed by atoms with E-state index in [1.54, 1.807) is 0 Å². The summed E-state index contributed by atoms with van der Waals surface area (Å²) < 4.78 is 144. The number of halogens is 10. The van der Waals surface area contributed by atoms with Crippen molar-refractivity contribution in [2.24, 2.45) is 0 Å². The Balaban J connectivity index is 1.84. The van der Waals surface area contributed by atoms with Crippen LogP contribution in [0.5, 0.6) is 11.5 Å². The molecule has 0 bridgehead atoms. The van der Waals surface area contributed by atoms with E-state index in [2.05, 4.69) is 9.47 Å². The molecule has 4 rings (SSSR count). The van der Waals surface area contributed by atoms with Crippen LogP contribution < -0.4 is 9.47 Å². The summed E-state index contributed by atoms with van der Waals surface area (Å²) in [5.41, 5.74) is -4.20. The molecule has 2 nitrogen and oxygen atoms in total. The van der Waals surface area contributed by atoms with Crippen molar-refractivity contribution >= 4 is 11.8 Å². The molecule has 0 atom stereocenters. The fourth-order valence-corrected chi connectivity index (χ4v) is 5.05. The van der Waals surface area contributed by atoms with Gasteiger partial charge in [-0.1, -0.05) is 48.2 Å². The van der Waals surface area contributed by atoms with E-state index in [1.165, 1.54) is 48.5 Å². The molecule has 13 heteroatoms. The highest BCUT2D eigenvalue weighted by atomic mass is 32.2. The minimum Gasteiger partial charge on any atom is -0.428 e. The summed E-state index contributed by atoms with van der Waals surface area (Å²) in [5.74, 6) is -1.50. The van der Waals surface area contributed by atoms with Gasteiger partial charge >= 0.3 is 30.4 Å². The standard InChI is InChI=1S/C30H16F10O2S/c31-20-7-15-24(16-8-20)43-23-13-5-19(6-14-23)29(30(38,39)40,17-1-9-21(10-2-17)41-27(36)25(32)33)18-3-11-22(12-4-18)42-28(37)26(34)35/h1-16H. The Morgan fingerprint density at radius 3 is 1.14 bits per heavy atom. The number of alkyl halides is 3. The second-order valence-corrected chi connectivity index (χ2v) is 9.80. The largest absolute Gasteiger partial charge is 0.428 e. The fourth-order valence-electron chi connectivity index (χ4n) is 4.23. The summed E-state index contributed by atoms with van der Waals surface area (Å²) in [6.45, 7) is 0. The first kappa shape index (κ1) is 31.5. The van der Waals surface area contributed by atoms with Crippen molar-refractivity contribution in [3.05, 3.63) is 144 Å². The molecule has 0 saturated heterocycles. The van der Waals surface area contributed by atoms with Crippen LogP contribution in [-0.4, -0.2) is 6.18 Å². The van der Waals surface area contributed by atoms with Gasteiger partial charge in [0.15, 0.2) is 0 Å². The first-order valence-electron chi connectivity index (χ1n) is 11.9. The van der Waals surface area contributed by atoms with E-state index in [-0.39, 0.29) is 5.56 Å². The predicted octanol–water partition coefficient (Wildman–Crippen LogP) is 10.7. The summed E-state index contributed by atoms with van der Waals surface area (Å²) >= 11 is 1.15. The molecule has 0 unspecified atom stereocenters. The molecule has 0 aliphatic heterocycles. The maximum atomic E-state index is 15.3. The second kappa shape index (κ2) is 12.9. The lowest BCUT2D eigenvalue weighted by atomic mass is 9.68. The molecule has 0 aromatic heterocycles. The molecule has 43 heavy (non-hydrogen) atoms. The highest BCUT2D eigenvalue weighted by molar-refractivity contribution is 7.99. The van der Waals surface area contributed by atoms with Gasteiger partial charge < -0.3 is 9.47 Å².